The van der Waals surface area contributed by atoms with Gasteiger partial charge >= 0.3 is 0 Å². The summed E-state index contributed by atoms with van der Waals surface area (Å²) in [6, 6.07) is 23.7. The first kappa shape index (κ1) is 19.3. The van der Waals surface area contributed by atoms with Crippen LogP contribution < -0.4 is 10.6 Å². The fourth-order valence-electron chi connectivity index (χ4n) is 3.31. The second-order valence-electron chi connectivity index (χ2n) is 7.14. The van der Waals surface area contributed by atoms with E-state index in [1.807, 2.05) is 50.2 Å². The lowest BCUT2D eigenvalue weighted by atomic mass is 10.0. The first-order valence-electron chi connectivity index (χ1n) is 9.59. The maximum absolute atomic E-state index is 12.7. The summed E-state index contributed by atoms with van der Waals surface area (Å²) in [6.45, 7) is 3.83. The first-order valence-corrected chi connectivity index (χ1v) is 10.5. The van der Waals surface area contributed by atoms with Crippen LogP contribution in [0.25, 0.3) is 11.1 Å². The number of benzene rings is 3. The zero-order valence-electron chi connectivity index (χ0n) is 16.3. The lowest BCUT2D eigenvalue weighted by molar-refractivity contribution is -0.115. The molecular formula is C24H22N2O2S. The molecule has 29 heavy (non-hydrogen) atoms. The molecule has 0 bridgehead atoms. The molecular weight excluding hydrogens is 380 g/mol. The molecule has 4 nitrogen and oxygen atoms in total. The van der Waals surface area contributed by atoms with Gasteiger partial charge in [0.05, 0.1) is 17.0 Å². The molecule has 0 fully saturated rings. The van der Waals surface area contributed by atoms with Gasteiger partial charge in [-0.05, 0) is 48.7 Å². The number of rotatable bonds is 4. The molecule has 2 amide bonds. The monoisotopic (exact) mass is 402 g/mol. The van der Waals surface area contributed by atoms with Crippen molar-refractivity contribution in [1.29, 1.82) is 0 Å². The van der Waals surface area contributed by atoms with Crippen LogP contribution in [0.5, 0.6) is 0 Å². The van der Waals surface area contributed by atoms with Gasteiger partial charge in [0.15, 0.2) is 0 Å². The maximum atomic E-state index is 12.7. The highest BCUT2D eigenvalue weighted by Gasteiger charge is 2.24. The molecule has 0 spiro atoms. The third-order valence-corrected chi connectivity index (χ3v) is 6.22. The zero-order valence-corrected chi connectivity index (χ0v) is 17.1. The van der Waals surface area contributed by atoms with Crippen LogP contribution in [0.3, 0.4) is 0 Å². The summed E-state index contributed by atoms with van der Waals surface area (Å²) in [5.74, 6) is -0.197. The van der Waals surface area contributed by atoms with Gasteiger partial charge in [0.1, 0.15) is 0 Å². The van der Waals surface area contributed by atoms with Crippen LogP contribution in [0.1, 0.15) is 35.8 Å². The molecule has 0 radical (unpaired) electrons. The quantitative estimate of drug-likeness (QED) is 0.624. The number of hydrogen-bond acceptors (Lipinski definition) is 3. The molecule has 3 aromatic carbocycles. The standard InChI is InChI=1S/C24H22N2O2S/c1-15(17-8-10-19(11-9-17)18-6-4-3-5-7-18)25-24(28)20-12-13-22-21(14-20)26-23(27)16(2)29-22/h3-16H,1-2H3,(H,25,28)(H,26,27). The Balaban J connectivity index is 1.46. The average molecular weight is 403 g/mol. The van der Waals surface area contributed by atoms with Crippen molar-refractivity contribution in [2.45, 2.75) is 30.0 Å². The van der Waals surface area contributed by atoms with Crippen molar-refractivity contribution in [3.05, 3.63) is 83.9 Å². The fraction of sp³-hybridized carbons (Fsp3) is 0.167. The minimum atomic E-state index is -0.162. The smallest absolute Gasteiger partial charge is 0.251 e. The van der Waals surface area contributed by atoms with Gasteiger partial charge in [-0.25, -0.2) is 0 Å². The number of hydrogen-bond donors (Lipinski definition) is 2. The van der Waals surface area contributed by atoms with Crippen molar-refractivity contribution in [2.75, 3.05) is 5.32 Å². The average Bonchev–Trinajstić information content (AvgIpc) is 2.75. The van der Waals surface area contributed by atoms with Gasteiger partial charge in [-0.15, -0.1) is 11.8 Å². The van der Waals surface area contributed by atoms with E-state index in [1.165, 1.54) is 17.3 Å². The van der Waals surface area contributed by atoms with Gasteiger partial charge < -0.3 is 10.6 Å². The molecule has 0 saturated carbocycles. The summed E-state index contributed by atoms with van der Waals surface area (Å²) in [5, 5.41) is 5.79. The molecule has 5 heteroatoms. The van der Waals surface area contributed by atoms with E-state index in [9.17, 15) is 9.59 Å². The van der Waals surface area contributed by atoms with E-state index in [1.54, 1.807) is 12.1 Å². The maximum Gasteiger partial charge on any atom is 0.251 e. The molecule has 0 aromatic heterocycles. The predicted molar refractivity (Wildman–Crippen MR) is 118 cm³/mol. The number of nitrogens with one attached hydrogen (secondary N) is 2. The summed E-state index contributed by atoms with van der Waals surface area (Å²) in [7, 11) is 0. The van der Waals surface area contributed by atoms with Gasteiger partial charge in [-0.1, -0.05) is 54.6 Å². The highest BCUT2D eigenvalue weighted by molar-refractivity contribution is 8.00. The highest BCUT2D eigenvalue weighted by atomic mass is 32.2. The van der Waals surface area contributed by atoms with Gasteiger partial charge in [-0.2, -0.15) is 0 Å². The van der Waals surface area contributed by atoms with Crippen molar-refractivity contribution in [3.63, 3.8) is 0 Å². The highest BCUT2D eigenvalue weighted by Crippen LogP contribution is 2.36. The van der Waals surface area contributed by atoms with Crippen LogP contribution >= 0.6 is 11.8 Å². The van der Waals surface area contributed by atoms with Gasteiger partial charge in [0.25, 0.3) is 5.91 Å². The fourth-order valence-corrected chi connectivity index (χ4v) is 4.24. The van der Waals surface area contributed by atoms with Gasteiger partial charge in [0, 0.05) is 10.5 Å². The van der Waals surface area contributed by atoms with Crippen LogP contribution in [-0.4, -0.2) is 17.1 Å². The molecule has 0 aliphatic carbocycles. The second-order valence-corrected chi connectivity index (χ2v) is 8.53. The number of fused-ring (bicyclic) bond motifs is 1. The van der Waals surface area contributed by atoms with Crippen LogP contribution in [0.4, 0.5) is 5.69 Å². The topological polar surface area (TPSA) is 58.2 Å². The largest absolute Gasteiger partial charge is 0.346 e. The summed E-state index contributed by atoms with van der Waals surface area (Å²) < 4.78 is 0. The van der Waals surface area contributed by atoms with E-state index in [2.05, 4.69) is 34.9 Å². The third-order valence-electron chi connectivity index (χ3n) is 5.04. The Morgan fingerprint density at radius 2 is 1.69 bits per heavy atom. The van der Waals surface area contributed by atoms with E-state index in [0.29, 0.717) is 11.3 Å². The minimum absolute atomic E-state index is 0.0352. The summed E-state index contributed by atoms with van der Waals surface area (Å²) in [5.41, 5.74) is 4.58. The Kier molecular flexibility index (Phi) is 5.41. The van der Waals surface area contributed by atoms with E-state index in [-0.39, 0.29) is 23.1 Å². The normalized spacial score (nSPS) is 16.5. The van der Waals surface area contributed by atoms with Crippen molar-refractivity contribution in [1.82, 2.24) is 5.32 Å². The molecule has 2 N–H and O–H groups in total. The molecule has 2 unspecified atom stereocenters. The number of anilines is 1. The molecule has 1 aliphatic heterocycles. The number of carbonyl (C=O) groups excluding carboxylic acids is 2. The van der Waals surface area contributed by atoms with Crippen LogP contribution in [0.15, 0.2) is 77.7 Å². The molecule has 4 rings (SSSR count). The number of thioether (sulfide) groups is 1. The third kappa shape index (κ3) is 4.20. The minimum Gasteiger partial charge on any atom is -0.346 e. The Morgan fingerprint density at radius 3 is 2.41 bits per heavy atom. The summed E-state index contributed by atoms with van der Waals surface area (Å²) in [4.78, 5) is 25.6. The zero-order chi connectivity index (χ0) is 20.4. The lowest BCUT2D eigenvalue weighted by Crippen LogP contribution is -2.28. The molecule has 146 valence electrons. The van der Waals surface area contributed by atoms with Crippen molar-refractivity contribution < 1.29 is 9.59 Å². The van der Waals surface area contributed by atoms with E-state index < -0.39 is 0 Å². The van der Waals surface area contributed by atoms with Crippen LogP contribution in [0, 0.1) is 0 Å². The SMILES string of the molecule is CC1Sc2ccc(C(=O)NC(C)c3ccc(-c4ccccc4)cc3)cc2NC1=O. The second kappa shape index (κ2) is 8.13. The van der Waals surface area contributed by atoms with E-state index in [4.69, 9.17) is 0 Å². The summed E-state index contributed by atoms with van der Waals surface area (Å²) in [6.07, 6.45) is 0. The molecule has 2 atom stereocenters. The van der Waals surface area contributed by atoms with E-state index >= 15 is 0 Å². The van der Waals surface area contributed by atoms with Crippen molar-refractivity contribution >= 4 is 29.3 Å². The predicted octanol–water partition coefficient (Wildman–Crippen LogP) is 5.28. The number of amides is 2. The lowest BCUT2D eigenvalue weighted by Gasteiger charge is -2.22. The molecule has 0 saturated heterocycles. The van der Waals surface area contributed by atoms with Crippen molar-refractivity contribution in [2.24, 2.45) is 0 Å². The first-order chi connectivity index (χ1) is 14.0. The van der Waals surface area contributed by atoms with Crippen LogP contribution in [-0.2, 0) is 4.79 Å². The van der Waals surface area contributed by atoms with Crippen molar-refractivity contribution in [3.8, 4) is 11.1 Å². The Morgan fingerprint density at radius 1 is 1.00 bits per heavy atom. The number of carbonyl (C=O) groups is 2. The van der Waals surface area contributed by atoms with Gasteiger partial charge in [-0.3, -0.25) is 9.59 Å². The Labute approximate surface area is 174 Å². The molecule has 1 aliphatic rings. The molecule has 1 heterocycles. The van der Waals surface area contributed by atoms with E-state index in [0.717, 1.165) is 16.0 Å². The Hall–Kier alpha value is -3.05. The molecule has 3 aromatic rings. The summed E-state index contributed by atoms with van der Waals surface area (Å²) >= 11 is 1.51. The Bertz CT molecular complexity index is 1050. The van der Waals surface area contributed by atoms with Gasteiger partial charge in [0.2, 0.25) is 5.91 Å². The van der Waals surface area contributed by atoms with Crippen LogP contribution in [0.2, 0.25) is 0 Å².